The Kier molecular flexibility index (Phi) is 5.75. The van der Waals surface area contributed by atoms with Gasteiger partial charge < -0.3 is 5.11 Å². The molecule has 0 saturated carbocycles. The lowest BCUT2D eigenvalue weighted by Crippen LogP contribution is -2.50. The molecule has 0 amide bonds. The largest absolute Gasteiger partial charge is 0.395 e. The first-order valence-corrected chi connectivity index (χ1v) is 9.00. The Bertz CT molecular complexity index is 525. The van der Waals surface area contributed by atoms with Gasteiger partial charge in [-0.05, 0) is 11.5 Å². The molecule has 0 aromatic heterocycles. The van der Waals surface area contributed by atoms with E-state index in [9.17, 15) is 8.42 Å². The van der Waals surface area contributed by atoms with Gasteiger partial charge in [0.2, 0.25) is 10.0 Å². The number of sulfonamides is 1. The van der Waals surface area contributed by atoms with Gasteiger partial charge in [0.15, 0.2) is 0 Å². The van der Waals surface area contributed by atoms with Crippen molar-refractivity contribution in [3.8, 4) is 0 Å². The van der Waals surface area contributed by atoms with Crippen LogP contribution in [-0.4, -0.2) is 67.8 Å². The molecular weight excluding hydrogens is 288 g/mol. The summed E-state index contributed by atoms with van der Waals surface area (Å²) in [5.41, 5.74) is 1.06. The van der Waals surface area contributed by atoms with Crippen LogP contribution in [0.15, 0.2) is 30.3 Å². The van der Waals surface area contributed by atoms with E-state index >= 15 is 0 Å². The number of piperazine rings is 1. The molecule has 5 nitrogen and oxygen atoms in total. The Labute approximate surface area is 127 Å². The molecule has 2 rings (SSSR count). The van der Waals surface area contributed by atoms with Gasteiger partial charge in [-0.3, -0.25) is 4.90 Å². The second-order valence-corrected chi connectivity index (χ2v) is 7.57. The number of nitrogens with zero attached hydrogens (tertiary/aromatic N) is 2. The van der Waals surface area contributed by atoms with Crippen LogP contribution in [0.1, 0.15) is 18.4 Å². The lowest BCUT2D eigenvalue weighted by atomic mass is 10.0. The molecule has 0 bridgehead atoms. The van der Waals surface area contributed by atoms with E-state index in [2.05, 4.69) is 4.90 Å². The van der Waals surface area contributed by atoms with Crippen molar-refractivity contribution in [1.29, 1.82) is 0 Å². The van der Waals surface area contributed by atoms with Gasteiger partial charge in [-0.15, -0.1) is 0 Å². The predicted octanol–water partition coefficient (Wildman–Crippen LogP) is 0.730. The highest BCUT2D eigenvalue weighted by molar-refractivity contribution is 7.89. The molecule has 21 heavy (non-hydrogen) atoms. The van der Waals surface area contributed by atoms with Crippen LogP contribution in [0.2, 0.25) is 0 Å². The van der Waals surface area contributed by atoms with Gasteiger partial charge in [0, 0.05) is 32.7 Å². The Balaban J connectivity index is 1.93. The molecule has 1 aromatic rings. The number of hydrogen-bond acceptors (Lipinski definition) is 4. The van der Waals surface area contributed by atoms with Crippen LogP contribution in [0.4, 0.5) is 0 Å². The van der Waals surface area contributed by atoms with Gasteiger partial charge >= 0.3 is 0 Å². The predicted molar refractivity (Wildman–Crippen MR) is 83.7 cm³/mol. The molecule has 1 heterocycles. The van der Waals surface area contributed by atoms with E-state index in [0.29, 0.717) is 32.7 Å². The summed E-state index contributed by atoms with van der Waals surface area (Å²) in [4.78, 5) is 2.09. The Morgan fingerprint density at radius 3 is 2.33 bits per heavy atom. The smallest absolute Gasteiger partial charge is 0.214 e. The Morgan fingerprint density at radius 2 is 1.76 bits per heavy atom. The van der Waals surface area contributed by atoms with Crippen LogP contribution in [-0.2, 0) is 10.0 Å². The van der Waals surface area contributed by atoms with Gasteiger partial charge in [-0.1, -0.05) is 37.3 Å². The van der Waals surface area contributed by atoms with Crippen molar-refractivity contribution < 1.29 is 13.5 Å². The zero-order valence-corrected chi connectivity index (χ0v) is 13.3. The number of β-amino-alcohol motifs (C(OH)–C–C–N with tert-alkyl or cyclic N) is 1. The number of hydrogen-bond donors (Lipinski definition) is 1. The number of aliphatic hydroxyl groups excluding tert-OH is 1. The summed E-state index contributed by atoms with van der Waals surface area (Å²) in [6, 6.07) is 9.75. The fourth-order valence-electron chi connectivity index (χ4n) is 2.67. The molecule has 118 valence electrons. The van der Waals surface area contributed by atoms with E-state index in [1.54, 1.807) is 4.31 Å². The van der Waals surface area contributed by atoms with Crippen LogP contribution < -0.4 is 0 Å². The first kappa shape index (κ1) is 16.4. The van der Waals surface area contributed by atoms with Crippen LogP contribution in [0.5, 0.6) is 0 Å². The minimum absolute atomic E-state index is 0.00771. The second kappa shape index (κ2) is 7.35. The third kappa shape index (κ3) is 4.51. The summed E-state index contributed by atoms with van der Waals surface area (Å²) in [5, 5.41) is 8.92. The third-order valence-electron chi connectivity index (χ3n) is 3.97. The molecular formula is C15H24N2O3S. The standard InChI is InChI=1S/C15H24N2O3S/c1-14(15-5-3-2-4-6-15)13-21(19,20)17-9-7-16(8-10-17)11-12-18/h2-6,14,18H,7-13H2,1H3. The summed E-state index contributed by atoms with van der Waals surface area (Å²) >= 11 is 0. The maximum absolute atomic E-state index is 12.5. The molecule has 0 spiro atoms. The Morgan fingerprint density at radius 1 is 1.14 bits per heavy atom. The summed E-state index contributed by atoms with van der Waals surface area (Å²) in [6.45, 7) is 5.12. The van der Waals surface area contributed by atoms with E-state index in [0.717, 1.165) is 5.56 Å². The topological polar surface area (TPSA) is 60.9 Å². The maximum atomic E-state index is 12.5. The first-order valence-electron chi connectivity index (χ1n) is 7.39. The molecule has 1 unspecified atom stereocenters. The summed E-state index contributed by atoms with van der Waals surface area (Å²) in [7, 11) is -3.22. The molecule has 1 atom stereocenters. The van der Waals surface area contributed by atoms with Crippen LogP contribution >= 0.6 is 0 Å². The fraction of sp³-hybridized carbons (Fsp3) is 0.600. The van der Waals surface area contributed by atoms with E-state index in [1.165, 1.54) is 0 Å². The van der Waals surface area contributed by atoms with Gasteiger partial charge in [0.1, 0.15) is 0 Å². The lowest BCUT2D eigenvalue weighted by Gasteiger charge is -2.34. The normalized spacial score (nSPS) is 19.5. The second-order valence-electron chi connectivity index (χ2n) is 5.55. The molecule has 1 saturated heterocycles. The number of benzene rings is 1. The molecule has 6 heteroatoms. The SMILES string of the molecule is CC(CS(=O)(=O)N1CCN(CCO)CC1)c1ccccc1. The van der Waals surface area contributed by atoms with Crippen molar-refractivity contribution in [3.05, 3.63) is 35.9 Å². The molecule has 1 N–H and O–H groups in total. The minimum atomic E-state index is -3.22. The highest BCUT2D eigenvalue weighted by Gasteiger charge is 2.28. The Hall–Kier alpha value is -0.950. The fourth-order valence-corrected chi connectivity index (χ4v) is 4.43. The van der Waals surface area contributed by atoms with Gasteiger partial charge in [0.05, 0.1) is 12.4 Å². The number of aliphatic hydroxyl groups is 1. The first-order chi connectivity index (χ1) is 10.0. The lowest BCUT2D eigenvalue weighted by molar-refractivity contribution is 0.151. The van der Waals surface area contributed by atoms with Crippen molar-refractivity contribution >= 4 is 10.0 Å². The minimum Gasteiger partial charge on any atom is -0.395 e. The zero-order chi connectivity index (χ0) is 15.3. The van der Waals surface area contributed by atoms with Crippen molar-refractivity contribution in [2.24, 2.45) is 0 Å². The van der Waals surface area contributed by atoms with Gasteiger partial charge in [-0.25, -0.2) is 8.42 Å². The molecule has 0 aliphatic carbocycles. The average Bonchev–Trinajstić information content (AvgIpc) is 2.48. The average molecular weight is 312 g/mol. The van der Waals surface area contributed by atoms with Crippen LogP contribution in [0.25, 0.3) is 0 Å². The van der Waals surface area contributed by atoms with Crippen molar-refractivity contribution in [2.75, 3.05) is 45.1 Å². The van der Waals surface area contributed by atoms with E-state index in [-0.39, 0.29) is 18.3 Å². The van der Waals surface area contributed by atoms with Crippen molar-refractivity contribution in [2.45, 2.75) is 12.8 Å². The highest BCUT2D eigenvalue weighted by atomic mass is 32.2. The summed E-state index contributed by atoms with van der Waals surface area (Å²) < 4.78 is 26.6. The van der Waals surface area contributed by atoms with Gasteiger partial charge in [-0.2, -0.15) is 4.31 Å². The van der Waals surface area contributed by atoms with Gasteiger partial charge in [0.25, 0.3) is 0 Å². The van der Waals surface area contributed by atoms with Crippen LogP contribution in [0, 0.1) is 0 Å². The number of rotatable bonds is 6. The zero-order valence-electron chi connectivity index (χ0n) is 12.5. The monoisotopic (exact) mass is 312 g/mol. The van der Waals surface area contributed by atoms with Crippen LogP contribution in [0.3, 0.4) is 0 Å². The third-order valence-corrected chi connectivity index (χ3v) is 6.04. The van der Waals surface area contributed by atoms with E-state index in [1.807, 2.05) is 37.3 Å². The summed E-state index contributed by atoms with van der Waals surface area (Å²) in [6.07, 6.45) is 0. The molecule has 1 fully saturated rings. The van der Waals surface area contributed by atoms with E-state index in [4.69, 9.17) is 5.11 Å². The molecule has 1 aliphatic rings. The quantitative estimate of drug-likeness (QED) is 0.841. The molecule has 1 aromatic carbocycles. The summed E-state index contributed by atoms with van der Waals surface area (Å²) in [5.74, 6) is 0.142. The maximum Gasteiger partial charge on any atom is 0.214 e. The van der Waals surface area contributed by atoms with E-state index < -0.39 is 10.0 Å². The van der Waals surface area contributed by atoms with Crippen molar-refractivity contribution in [3.63, 3.8) is 0 Å². The van der Waals surface area contributed by atoms with Crippen molar-refractivity contribution in [1.82, 2.24) is 9.21 Å². The molecule has 1 aliphatic heterocycles. The highest BCUT2D eigenvalue weighted by Crippen LogP contribution is 2.19. The molecule has 0 radical (unpaired) electrons.